The molecule has 1 aliphatic rings. The number of methoxy groups -OCH3 is 2. The van der Waals surface area contributed by atoms with Gasteiger partial charge in [0.15, 0.2) is 5.82 Å². The normalized spacial score (nSPS) is 12.6. The Hall–Kier alpha value is -3.91. The molecule has 2 aromatic rings. The molecule has 1 aromatic carbocycles. The van der Waals surface area contributed by atoms with Gasteiger partial charge in [0.25, 0.3) is 11.8 Å². The number of aromatic nitrogens is 1. The van der Waals surface area contributed by atoms with Crippen LogP contribution < -0.4 is 10.6 Å². The number of pyridine rings is 1. The Morgan fingerprint density at radius 2 is 1.61 bits per heavy atom. The van der Waals surface area contributed by atoms with Gasteiger partial charge in [-0.15, -0.1) is 10.2 Å². The summed E-state index contributed by atoms with van der Waals surface area (Å²) in [5, 5.41) is 34.7. The summed E-state index contributed by atoms with van der Waals surface area (Å²) in [5.41, 5.74) is 1.52. The van der Waals surface area contributed by atoms with Crippen molar-refractivity contribution < 1.29 is 19.1 Å². The van der Waals surface area contributed by atoms with Crippen molar-refractivity contribution >= 4 is 50.8 Å². The maximum Gasteiger partial charge on any atom is 0.262 e. The number of azo groups is 1. The number of hydrogen-bond acceptors (Lipinski definition) is 11. The minimum absolute atomic E-state index is 0.0629. The molecule has 0 bridgehead atoms. The SMILES string of the molecule is COCCCNc1nc(NCCCOC)c(N=Nc2c(C#N)cc3c(c2Br)C(=O)N(C)C3=O)c(C)c1C#N. The average molecular weight is 583 g/mol. The van der Waals surface area contributed by atoms with Gasteiger partial charge in [0, 0.05) is 53.1 Å². The maximum atomic E-state index is 12.6. The van der Waals surface area contributed by atoms with Crippen molar-refractivity contribution in [3.63, 3.8) is 0 Å². The molecule has 2 amide bonds. The number of fused-ring (bicyclic) bond motifs is 1. The number of halogens is 1. The largest absolute Gasteiger partial charge is 0.385 e. The van der Waals surface area contributed by atoms with Gasteiger partial charge >= 0.3 is 0 Å². The monoisotopic (exact) mass is 582 g/mol. The van der Waals surface area contributed by atoms with Gasteiger partial charge in [-0.25, -0.2) is 4.98 Å². The van der Waals surface area contributed by atoms with Crippen LogP contribution in [-0.4, -0.2) is 69.3 Å². The Kier molecular flexibility index (Phi) is 9.85. The molecule has 3 rings (SSSR count). The maximum absolute atomic E-state index is 12.6. The van der Waals surface area contributed by atoms with E-state index in [1.807, 2.05) is 6.07 Å². The number of benzene rings is 1. The number of hydrogen-bond donors (Lipinski definition) is 2. The summed E-state index contributed by atoms with van der Waals surface area (Å²) in [6.45, 7) is 3.90. The fourth-order valence-corrected chi connectivity index (χ4v) is 4.47. The molecule has 0 spiro atoms. The van der Waals surface area contributed by atoms with Gasteiger partial charge in [-0.2, -0.15) is 10.5 Å². The van der Waals surface area contributed by atoms with Crippen LogP contribution >= 0.6 is 15.9 Å². The topological polar surface area (TPSA) is 165 Å². The van der Waals surface area contributed by atoms with E-state index in [2.05, 4.69) is 47.8 Å². The minimum atomic E-state index is -0.508. The highest BCUT2D eigenvalue weighted by Gasteiger charge is 2.37. The van der Waals surface area contributed by atoms with Crippen LogP contribution in [0.4, 0.5) is 23.0 Å². The molecule has 1 aliphatic heterocycles. The molecule has 198 valence electrons. The van der Waals surface area contributed by atoms with Crippen LogP contribution in [0.5, 0.6) is 0 Å². The number of rotatable bonds is 12. The quantitative estimate of drug-likeness (QED) is 0.209. The molecule has 0 aliphatic carbocycles. The number of carbonyl (C=O) groups excluding carboxylic acids is 2. The summed E-state index contributed by atoms with van der Waals surface area (Å²) in [6.07, 6.45) is 1.42. The van der Waals surface area contributed by atoms with Crippen LogP contribution in [0.25, 0.3) is 0 Å². The van der Waals surface area contributed by atoms with Crippen molar-refractivity contribution in [3.8, 4) is 12.1 Å². The van der Waals surface area contributed by atoms with Crippen molar-refractivity contribution in [2.75, 3.05) is 58.2 Å². The van der Waals surface area contributed by atoms with Crippen molar-refractivity contribution in [1.29, 1.82) is 10.5 Å². The van der Waals surface area contributed by atoms with Gasteiger partial charge in [-0.1, -0.05) is 0 Å². The van der Waals surface area contributed by atoms with Gasteiger partial charge < -0.3 is 20.1 Å². The van der Waals surface area contributed by atoms with Crippen LogP contribution in [0.1, 0.15) is 50.2 Å². The second kappa shape index (κ2) is 13.1. The Bertz CT molecular complexity index is 1360. The number of nitriles is 2. The molecule has 1 aromatic heterocycles. The Morgan fingerprint density at radius 1 is 1.00 bits per heavy atom. The van der Waals surface area contributed by atoms with Crippen molar-refractivity contribution in [1.82, 2.24) is 9.88 Å². The van der Waals surface area contributed by atoms with E-state index < -0.39 is 11.8 Å². The van der Waals surface area contributed by atoms with Crippen molar-refractivity contribution in [2.24, 2.45) is 10.2 Å². The molecule has 2 N–H and O–H groups in total. The number of anilines is 2. The minimum Gasteiger partial charge on any atom is -0.385 e. The lowest BCUT2D eigenvalue weighted by atomic mass is 10.0. The number of imide groups is 1. The molecule has 0 fully saturated rings. The van der Waals surface area contributed by atoms with E-state index in [9.17, 15) is 20.1 Å². The fraction of sp³-hybridized carbons (Fsp3) is 0.400. The summed E-state index contributed by atoms with van der Waals surface area (Å²) < 4.78 is 10.4. The highest BCUT2D eigenvalue weighted by atomic mass is 79.9. The molecule has 0 unspecified atom stereocenters. The molecule has 2 heterocycles. The lowest BCUT2D eigenvalue weighted by Crippen LogP contribution is -2.24. The van der Waals surface area contributed by atoms with E-state index >= 15 is 0 Å². The third-order valence-corrected chi connectivity index (χ3v) is 6.60. The van der Waals surface area contributed by atoms with Crippen LogP contribution in [0.3, 0.4) is 0 Å². The van der Waals surface area contributed by atoms with Crippen molar-refractivity contribution in [2.45, 2.75) is 19.8 Å². The zero-order chi connectivity index (χ0) is 27.8. The standard InChI is InChI=1S/C25H27BrN8O4/c1-14-17(13-28)22(29-7-5-9-37-3)31-23(30-8-6-10-38-4)20(14)32-33-21-15(12-27)11-16-18(19(21)26)25(36)34(2)24(16)35/h11H,5-10H2,1-4H3,(H2,29,30,31). The number of nitrogens with zero attached hydrogens (tertiary/aromatic N) is 6. The molecule has 38 heavy (non-hydrogen) atoms. The zero-order valence-electron chi connectivity index (χ0n) is 21.5. The van der Waals surface area contributed by atoms with Crippen LogP contribution in [0, 0.1) is 29.6 Å². The summed E-state index contributed by atoms with van der Waals surface area (Å²) >= 11 is 3.35. The van der Waals surface area contributed by atoms with E-state index in [0.29, 0.717) is 61.2 Å². The Balaban J connectivity index is 2.09. The van der Waals surface area contributed by atoms with Gasteiger partial charge in [0.05, 0.1) is 26.7 Å². The first kappa shape index (κ1) is 28.7. The first-order chi connectivity index (χ1) is 18.3. The lowest BCUT2D eigenvalue weighted by molar-refractivity contribution is 0.0693. The predicted molar refractivity (Wildman–Crippen MR) is 143 cm³/mol. The summed E-state index contributed by atoms with van der Waals surface area (Å²) in [5.74, 6) is -0.220. The van der Waals surface area contributed by atoms with E-state index in [1.165, 1.54) is 13.1 Å². The van der Waals surface area contributed by atoms with E-state index in [1.54, 1.807) is 21.1 Å². The third kappa shape index (κ3) is 5.81. The Labute approximate surface area is 228 Å². The summed E-state index contributed by atoms with van der Waals surface area (Å²) in [7, 11) is 4.60. The van der Waals surface area contributed by atoms with Gasteiger partial charge in [-0.3, -0.25) is 14.5 Å². The summed E-state index contributed by atoms with van der Waals surface area (Å²) in [4.78, 5) is 30.6. The molecule has 0 atom stereocenters. The molecule has 0 saturated heterocycles. The highest BCUT2D eigenvalue weighted by molar-refractivity contribution is 9.10. The fourth-order valence-electron chi connectivity index (χ4n) is 3.79. The first-order valence-corrected chi connectivity index (χ1v) is 12.5. The van der Waals surface area contributed by atoms with Gasteiger partial charge in [-0.05, 0) is 41.8 Å². The van der Waals surface area contributed by atoms with Crippen LogP contribution in [0.15, 0.2) is 20.8 Å². The van der Waals surface area contributed by atoms with Crippen LogP contribution in [0.2, 0.25) is 0 Å². The van der Waals surface area contributed by atoms with E-state index in [4.69, 9.17) is 9.47 Å². The van der Waals surface area contributed by atoms with E-state index in [-0.39, 0.29) is 26.9 Å². The second-order valence-electron chi connectivity index (χ2n) is 8.31. The molecule has 13 heteroatoms. The van der Waals surface area contributed by atoms with Gasteiger partial charge in [0.2, 0.25) is 0 Å². The predicted octanol–water partition coefficient (Wildman–Crippen LogP) is 4.43. The number of ether oxygens (including phenoxy) is 2. The number of carbonyl (C=O) groups is 2. The molecule has 0 radical (unpaired) electrons. The number of amides is 2. The van der Waals surface area contributed by atoms with Crippen LogP contribution in [-0.2, 0) is 9.47 Å². The molecule has 12 nitrogen and oxygen atoms in total. The second-order valence-corrected chi connectivity index (χ2v) is 9.10. The summed E-state index contributed by atoms with van der Waals surface area (Å²) in [6, 6.07) is 5.52. The average Bonchev–Trinajstić information content (AvgIpc) is 3.13. The Morgan fingerprint density at radius 3 is 2.18 bits per heavy atom. The zero-order valence-corrected chi connectivity index (χ0v) is 23.1. The lowest BCUT2D eigenvalue weighted by Gasteiger charge is -2.15. The van der Waals surface area contributed by atoms with Crippen molar-refractivity contribution in [3.05, 3.63) is 38.4 Å². The first-order valence-electron chi connectivity index (χ1n) is 11.7. The van der Waals surface area contributed by atoms with Gasteiger partial charge in [0.1, 0.15) is 29.3 Å². The number of nitrogens with one attached hydrogen (secondary N) is 2. The molecule has 0 saturated carbocycles. The van der Waals surface area contributed by atoms with E-state index in [0.717, 1.165) is 11.3 Å². The highest BCUT2D eigenvalue weighted by Crippen LogP contribution is 2.41. The smallest absolute Gasteiger partial charge is 0.262 e. The third-order valence-electron chi connectivity index (χ3n) is 5.83. The molecular formula is C25H27BrN8O4. The molecular weight excluding hydrogens is 556 g/mol.